The van der Waals surface area contributed by atoms with Gasteiger partial charge in [0.05, 0.1) is 0 Å². The molecule has 1 aromatic carbocycles. The van der Waals surface area contributed by atoms with Gasteiger partial charge in [-0.2, -0.15) is 0 Å². The summed E-state index contributed by atoms with van der Waals surface area (Å²) in [6, 6.07) is 10.9. The molecule has 0 aliphatic carbocycles. The van der Waals surface area contributed by atoms with Crippen LogP contribution in [0.2, 0.25) is 0 Å². The predicted octanol–water partition coefficient (Wildman–Crippen LogP) is 3.13. The maximum Gasteiger partial charge on any atom is 0.225 e. The highest BCUT2D eigenvalue weighted by Crippen LogP contribution is 2.21. The Morgan fingerprint density at radius 2 is 1.94 bits per heavy atom. The highest BCUT2D eigenvalue weighted by atomic mass is 32.2. The molecule has 0 fully saturated rings. The first-order valence-corrected chi connectivity index (χ1v) is 6.98. The van der Waals surface area contributed by atoms with Gasteiger partial charge in [-0.25, -0.2) is 9.97 Å². The second-order valence-corrected chi connectivity index (χ2v) is 4.90. The van der Waals surface area contributed by atoms with Crippen LogP contribution in [-0.2, 0) is 0 Å². The van der Waals surface area contributed by atoms with E-state index in [9.17, 15) is 4.79 Å². The number of thioether (sulfide) groups is 2. The van der Waals surface area contributed by atoms with Crippen LogP contribution in [0, 0.1) is 0 Å². The molecular formula is C12H10N2OS2. The van der Waals surface area contributed by atoms with Crippen molar-refractivity contribution in [3.05, 3.63) is 48.2 Å². The SMILES string of the molecule is CSc1nccc(SC(=O)c2ccccc2)n1. The smallest absolute Gasteiger partial charge is 0.225 e. The van der Waals surface area contributed by atoms with Gasteiger partial charge in [0, 0.05) is 11.8 Å². The van der Waals surface area contributed by atoms with Crippen molar-refractivity contribution in [3.63, 3.8) is 0 Å². The Labute approximate surface area is 108 Å². The van der Waals surface area contributed by atoms with E-state index in [1.807, 2.05) is 24.5 Å². The van der Waals surface area contributed by atoms with E-state index in [1.54, 1.807) is 24.4 Å². The molecule has 0 radical (unpaired) electrons. The minimum absolute atomic E-state index is 0.00338. The maximum absolute atomic E-state index is 11.9. The summed E-state index contributed by atoms with van der Waals surface area (Å²) in [6.07, 6.45) is 3.57. The van der Waals surface area contributed by atoms with Gasteiger partial charge in [0.1, 0.15) is 5.03 Å². The van der Waals surface area contributed by atoms with Gasteiger partial charge in [0.15, 0.2) is 5.16 Å². The summed E-state index contributed by atoms with van der Waals surface area (Å²) in [7, 11) is 0. The Kier molecular flexibility index (Phi) is 4.17. The molecular weight excluding hydrogens is 252 g/mol. The van der Waals surface area contributed by atoms with Crippen LogP contribution in [-0.4, -0.2) is 21.3 Å². The number of hydrogen-bond donors (Lipinski definition) is 0. The number of nitrogens with zero attached hydrogens (tertiary/aromatic N) is 2. The molecule has 0 bridgehead atoms. The number of rotatable bonds is 3. The average molecular weight is 262 g/mol. The van der Waals surface area contributed by atoms with E-state index < -0.39 is 0 Å². The first-order valence-electron chi connectivity index (χ1n) is 4.94. The molecule has 0 aliphatic heterocycles. The second-order valence-electron chi connectivity index (χ2n) is 3.14. The van der Waals surface area contributed by atoms with Crippen molar-refractivity contribution < 1.29 is 4.79 Å². The largest absolute Gasteiger partial charge is 0.281 e. The van der Waals surface area contributed by atoms with Crippen molar-refractivity contribution >= 4 is 28.6 Å². The highest BCUT2D eigenvalue weighted by molar-refractivity contribution is 8.14. The lowest BCUT2D eigenvalue weighted by Crippen LogP contribution is -1.94. The fourth-order valence-corrected chi connectivity index (χ4v) is 2.33. The van der Waals surface area contributed by atoms with Crippen LogP contribution >= 0.6 is 23.5 Å². The van der Waals surface area contributed by atoms with Crippen molar-refractivity contribution in [2.45, 2.75) is 10.2 Å². The second kappa shape index (κ2) is 5.84. The van der Waals surface area contributed by atoms with Gasteiger partial charge in [-0.15, -0.1) is 0 Å². The molecule has 1 heterocycles. The van der Waals surface area contributed by atoms with Gasteiger partial charge in [-0.3, -0.25) is 4.79 Å². The van der Waals surface area contributed by atoms with Crippen molar-refractivity contribution in [3.8, 4) is 0 Å². The molecule has 1 aromatic heterocycles. The number of carbonyl (C=O) groups excluding carboxylic acids is 1. The third-order valence-electron chi connectivity index (χ3n) is 2.00. The molecule has 0 amide bonds. The minimum Gasteiger partial charge on any atom is -0.281 e. The summed E-state index contributed by atoms with van der Waals surface area (Å²) in [5, 5.41) is 1.35. The van der Waals surface area contributed by atoms with Gasteiger partial charge in [-0.1, -0.05) is 42.1 Å². The molecule has 0 saturated heterocycles. The van der Waals surface area contributed by atoms with Crippen molar-refractivity contribution in [1.82, 2.24) is 9.97 Å². The fraction of sp³-hybridized carbons (Fsp3) is 0.0833. The zero-order chi connectivity index (χ0) is 12.1. The number of carbonyl (C=O) groups is 1. The van der Waals surface area contributed by atoms with Crippen LogP contribution in [0.5, 0.6) is 0 Å². The Hall–Kier alpha value is -1.33. The van der Waals surface area contributed by atoms with Crippen LogP contribution in [0.25, 0.3) is 0 Å². The van der Waals surface area contributed by atoms with Gasteiger partial charge in [-0.05, 0) is 24.1 Å². The van der Waals surface area contributed by atoms with Crippen LogP contribution in [0.4, 0.5) is 0 Å². The molecule has 5 heteroatoms. The number of aromatic nitrogens is 2. The van der Waals surface area contributed by atoms with Crippen LogP contribution in [0.3, 0.4) is 0 Å². The quantitative estimate of drug-likeness (QED) is 0.483. The van der Waals surface area contributed by atoms with E-state index in [0.717, 1.165) is 11.8 Å². The predicted molar refractivity (Wildman–Crippen MR) is 70.4 cm³/mol. The summed E-state index contributed by atoms with van der Waals surface area (Å²) in [5.74, 6) is 0. The highest BCUT2D eigenvalue weighted by Gasteiger charge is 2.08. The third-order valence-corrected chi connectivity index (χ3v) is 3.42. The summed E-state index contributed by atoms with van der Waals surface area (Å²) >= 11 is 2.58. The van der Waals surface area contributed by atoms with E-state index in [-0.39, 0.29) is 5.12 Å². The molecule has 0 N–H and O–H groups in total. The molecule has 0 unspecified atom stereocenters. The minimum atomic E-state index is -0.00338. The molecule has 0 spiro atoms. The van der Waals surface area contributed by atoms with Crippen LogP contribution in [0.15, 0.2) is 52.8 Å². The van der Waals surface area contributed by atoms with E-state index >= 15 is 0 Å². The Morgan fingerprint density at radius 1 is 1.18 bits per heavy atom. The van der Waals surface area contributed by atoms with E-state index in [1.165, 1.54) is 11.8 Å². The molecule has 0 atom stereocenters. The molecule has 2 aromatic rings. The lowest BCUT2D eigenvalue weighted by molar-refractivity contribution is 0.108. The average Bonchev–Trinajstić information content (AvgIpc) is 2.40. The molecule has 0 saturated carbocycles. The zero-order valence-electron chi connectivity index (χ0n) is 9.16. The van der Waals surface area contributed by atoms with Gasteiger partial charge < -0.3 is 0 Å². The third kappa shape index (κ3) is 3.31. The lowest BCUT2D eigenvalue weighted by atomic mass is 10.2. The molecule has 2 rings (SSSR count). The lowest BCUT2D eigenvalue weighted by Gasteiger charge is -2.01. The van der Waals surface area contributed by atoms with Crippen molar-refractivity contribution in [2.24, 2.45) is 0 Å². The standard InChI is InChI=1S/C12H10N2OS2/c1-16-12-13-8-7-10(14-12)17-11(15)9-5-3-2-4-6-9/h2-8H,1H3. The fourth-order valence-electron chi connectivity index (χ4n) is 1.21. The van der Waals surface area contributed by atoms with Crippen molar-refractivity contribution in [2.75, 3.05) is 6.26 Å². The van der Waals surface area contributed by atoms with E-state index in [0.29, 0.717) is 15.7 Å². The molecule has 86 valence electrons. The monoisotopic (exact) mass is 262 g/mol. The Balaban J connectivity index is 2.13. The topological polar surface area (TPSA) is 42.9 Å². The summed E-state index contributed by atoms with van der Waals surface area (Å²) in [4.78, 5) is 20.2. The first-order chi connectivity index (χ1) is 8.29. The summed E-state index contributed by atoms with van der Waals surface area (Å²) in [6.45, 7) is 0. The molecule has 3 nitrogen and oxygen atoms in total. The Bertz CT molecular complexity index is 517. The Morgan fingerprint density at radius 3 is 2.65 bits per heavy atom. The molecule has 0 aliphatic rings. The van der Waals surface area contributed by atoms with Gasteiger partial charge in [0.2, 0.25) is 5.12 Å². The molecule has 17 heavy (non-hydrogen) atoms. The van der Waals surface area contributed by atoms with E-state index in [2.05, 4.69) is 9.97 Å². The summed E-state index contributed by atoms with van der Waals surface area (Å²) in [5.41, 5.74) is 0.682. The van der Waals surface area contributed by atoms with Crippen LogP contribution < -0.4 is 0 Å². The first kappa shape index (κ1) is 12.1. The van der Waals surface area contributed by atoms with Crippen LogP contribution in [0.1, 0.15) is 10.4 Å². The number of benzene rings is 1. The van der Waals surface area contributed by atoms with Crippen molar-refractivity contribution in [1.29, 1.82) is 0 Å². The number of hydrogen-bond acceptors (Lipinski definition) is 5. The zero-order valence-corrected chi connectivity index (χ0v) is 10.8. The normalized spacial score (nSPS) is 10.2. The van der Waals surface area contributed by atoms with Gasteiger partial charge >= 0.3 is 0 Å². The van der Waals surface area contributed by atoms with Gasteiger partial charge in [0.25, 0.3) is 0 Å². The van der Waals surface area contributed by atoms with E-state index in [4.69, 9.17) is 0 Å². The maximum atomic E-state index is 11.9. The summed E-state index contributed by atoms with van der Waals surface area (Å²) < 4.78 is 0.